The van der Waals surface area contributed by atoms with Gasteiger partial charge in [0.15, 0.2) is 0 Å². The van der Waals surface area contributed by atoms with E-state index in [1.54, 1.807) is 0 Å². The third-order valence-electron chi connectivity index (χ3n) is 4.94. The summed E-state index contributed by atoms with van der Waals surface area (Å²) in [5.74, 6) is -5.23. The molecule has 0 saturated carbocycles. The summed E-state index contributed by atoms with van der Waals surface area (Å²) in [7, 11) is 0. The number of primary amides is 2. The van der Waals surface area contributed by atoms with Crippen molar-refractivity contribution in [2.45, 2.75) is 25.4 Å². The molecule has 3 rings (SSSR count). The van der Waals surface area contributed by atoms with E-state index in [9.17, 15) is 27.2 Å². The number of pyridine rings is 1. The number of nitrogens with zero attached hydrogens (tertiary/aromatic N) is 1. The molecule has 1 heterocycles. The van der Waals surface area contributed by atoms with E-state index in [1.165, 1.54) is 18.2 Å². The lowest BCUT2D eigenvalue weighted by atomic mass is 9.89. The van der Waals surface area contributed by atoms with E-state index in [2.05, 4.69) is 4.98 Å². The van der Waals surface area contributed by atoms with Crippen molar-refractivity contribution in [1.29, 1.82) is 0 Å². The topological polar surface area (TPSA) is 108 Å². The number of hydrogen-bond donors (Lipinski definition) is 2. The first-order chi connectivity index (χ1) is 15.7. The van der Waals surface area contributed by atoms with E-state index in [0.29, 0.717) is 6.07 Å². The van der Waals surface area contributed by atoms with Crippen molar-refractivity contribution < 1.29 is 31.9 Å². The molecule has 2 aromatic carbocycles. The monoisotopic (exact) mass is 461 g/mol. The van der Waals surface area contributed by atoms with E-state index < -0.39 is 41.2 Å². The van der Waals surface area contributed by atoms with E-state index in [1.807, 2.05) is 0 Å². The molecule has 3 aromatic rings. The van der Waals surface area contributed by atoms with Crippen LogP contribution in [0.2, 0.25) is 0 Å². The molecule has 172 valence electrons. The van der Waals surface area contributed by atoms with Crippen LogP contribution in [0.25, 0.3) is 11.3 Å². The van der Waals surface area contributed by atoms with E-state index in [4.69, 9.17) is 16.2 Å². The number of hydrogen-bond acceptors (Lipinski definition) is 4. The van der Waals surface area contributed by atoms with Crippen LogP contribution in [0.1, 0.15) is 35.6 Å². The van der Waals surface area contributed by atoms with Gasteiger partial charge in [0.1, 0.15) is 29.9 Å². The minimum Gasteiger partial charge on any atom is -0.445 e. The van der Waals surface area contributed by atoms with Crippen LogP contribution in [0.5, 0.6) is 0 Å². The van der Waals surface area contributed by atoms with Crippen molar-refractivity contribution in [2.24, 2.45) is 11.5 Å². The van der Waals surface area contributed by atoms with Crippen LogP contribution in [-0.2, 0) is 16.1 Å². The third-order valence-corrected chi connectivity index (χ3v) is 4.94. The largest absolute Gasteiger partial charge is 0.445 e. The maximum absolute atomic E-state index is 14.6. The molecule has 0 bridgehead atoms. The maximum Gasteiger partial charge on any atom is 0.404 e. The van der Waals surface area contributed by atoms with Crippen LogP contribution in [0, 0.1) is 23.3 Å². The Balaban J connectivity index is 2.18. The highest BCUT2D eigenvalue weighted by Gasteiger charge is 2.25. The molecule has 0 aliphatic rings. The van der Waals surface area contributed by atoms with Crippen LogP contribution in [0.3, 0.4) is 0 Å². The van der Waals surface area contributed by atoms with Gasteiger partial charge < -0.3 is 16.2 Å². The standard InChI is InChI=1S/C23H19F4N3O3/c24-13-5-6-14(18(27)10-13)22-12(11-33-23(29)32)4-8-19(30-22)15(7-9-20(28)31)21-16(25)2-1-3-17(21)26/h1-6,8,10,15H,7,9,11H2,(H2,28,31)(H2,29,32). The van der Waals surface area contributed by atoms with Crippen LogP contribution < -0.4 is 11.5 Å². The summed E-state index contributed by atoms with van der Waals surface area (Å²) >= 11 is 0. The molecule has 0 aliphatic heterocycles. The fourth-order valence-corrected chi connectivity index (χ4v) is 3.45. The summed E-state index contributed by atoms with van der Waals surface area (Å²) in [6.45, 7) is -0.380. The Labute approximate surface area is 186 Å². The predicted molar refractivity (Wildman–Crippen MR) is 111 cm³/mol. The van der Waals surface area contributed by atoms with Crippen LogP contribution in [0.15, 0.2) is 48.5 Å². The van der Waals surface area contributed by atoms with Crippen molar-refractivity contribution in [1.82, 2.24) is 4.98 Å². The molecule has 4 N–H and O–H groups in total. The number of halogens is 4. The molecule has 0 fully saturated rings. The van der Waals surface area contributed by atoms with Crippen molar-refractivity contribution in [2.75, 3.05) is 0 Å². The minimum absolute atomic E-state index is 0.0490. The smallest absolute Gasteiger partial charge is 0.404 e. The normalized spacial score (nSPS) is 11.8. The van der Waals surface area contributed by atoms with Gasteiger partial charge in [0.05, 0.1) is 5.69 Å². The van der Waals surface area contributed by atoms with Gasteiger partial charge in [-0.3, -0.25) is 9.78 Å². The Bertz CT molecular complexity index is 1180. The Morgan fingerprint density at radius 3 is 2.24 bits per heavy atom. The maximum atomic E-state index is 14.6. The van der Waals surface area contributed by atoms with Gasteiger partial charge in [0, 0.05) is 40.8 Å². The van der Waals surface area contributed by atoms with Crippen LogP contribution >= 0.6 is 0 Å². The zero-order valence-corrected chi connectivity index (χ0v) is 17.2. The van der Waals surface area contributed by atoms with Crippen LogP contribution in [-0.4, -0.2) is 17.0 Å². The molecule has 1 unspecified atom stereocenters. The number of carbonyl (C=O) groups is 2. The molecule has 0 saturated heterocycles. The fraction of sp³-hybridized carbons (Fsp3) is 0.174. The summed E-state index contributed by atoms with van der Waals surface area (Å²) < 4.78 is 61.9. The highest BCUT2D eigenvalue weighted by atomic mass is 19.1. The Hall–Kier alpha value is -3.95. The zero-order chi connectivity index (χ0) is 24.1. The van der Waals surface area contributed by atoms with Crippen molar-refractivity contribution >= 4 is 12.0 Å². The van der Waals surface area contributed by atoms with E-state index in [0.717, 1.165) is 24.3 Å². The lowest BCUT2D eigenvalue weighted by molar-refractivity contribution is -0.118. The lowest BCUT2D eigenvalue weighted by Gasteiger charge is -2.20. The summed E-state index contributed by atoms with van der Waals surface area (Å²) in [6.07, 6.45) is -1.37. The third kappa shape index (κ3) is 5.65. The van der Waals surface area contributed by atoms with Gasteiger partial charge in [-0.25, -0.2) is 22.4 Å². The molecule has 10 heteroatoms. The average molecular weight is 461 g/mol. The second-order valence-electron chi connectivity index (χ2n) is 7.17. The van der Waals surface area contributed by atoms with Crippen LogP contribution in [0.4, 0.5) is 22.4 Å². The first-order valence-electron chi connectivity index (χ1n) is 9.77. The van der Waals surface area contributed by atoms with Gasteiger partial charge in [0.2, 0.25) is 5.91 Å². The lowest BCUT2D eigenvalue weighted by Crippen LogP contribution is -2.16. The molecule has 0 spiro atoms. The van der Waals surface area contributed by atoms with Gasteiger partial charge in [-0.2, -0.15) is 0 Å². The predicted octanol–water partition coefficient (Wildman–Crippen LogP) is 4.30. The van der Waals surface area contributed by atoms with Crippen molar-refractivity contribution in [3.05, 3.63) is 88.6 Å². The molecule has 1 aromatic heterocycles. The number of ether oxygens (including phenoxy) is 1. The Morgan fingerprint density at radius 2 is 1.64 bits per heavy atom. The summed E-state index contributed by atoms with van der Waals surface area (Å²) in [6, 6.07) is 8.91. The van der Waals surface area contributed by atoms with Crippen molar-refractivity contribution in [3.63, 3.8) is 0 Å². The first kappa shape index (κ1) is 23.7. The SMILES string of the molecule is NC(=O)CCC(c1ccc(COC(N)=O)c(-c2ccc(F)cc2F)n1)c1c(F)cccc1F. The molecule has 0 aliphatic carbocycles. The quantitative estimate of drug-likeness (QED) is 0.488. The number of amides is 2. The summed E-state index contributed by atoms with van der Waals surface area (Å²) in [5, 5.41) is 0. The summed E-state index contributed by atoms with van der Waals surface area (Å²) in [5.41, 5.74) is 10.0. The van der Waals surface area contributed by atoms with Gasteiger partial charge >= 0.3 is 6.09 Å². The van der Waals surface area contributed by atoms with Gasteiger partial charge in [-0.1, -0.05) is 12.1 Å². The molecule has 0 radical (unpaired) electrons. The Kier molecular flexibility index (Phi) is 7.27. The van der Waals surface area contributed by atoms with Crippen molar-refractivity contribution in [3.8, 4) is 11.3 Å². The number of nitrogens with two attached hydrogens (primary N) is 2. The molecule has 2 amide bonds. The molecule has 6 nitrogen and oxygen atoms in total. The second-order valence-corrected chi connectivity index (χ2v) is 7.17. The molecular weight excluding hydrogens is 442 g/mol. The summed E-state index contributed by atoms with van der Waals surface area (Å²) in [4.78, 5) is 26.8. The average Bonchev–Trinajstić information content (AvgIpc) is 2.74. The number of benzene rings is 2. The van der Waals surface area contributed by atoms with Gasteiger partial charge in [0.25, 0.3) is 0 Å². The molecular formula is C23H19F4N3O3. The first-order valence-corrected chi connectivity index (χ1v) is 9.77. The fourth-order valence-electron chi connectivity index (χ4n) is 3.45. The van der Waals surface area contributed by atoms with Gasteiger partial charge in [-0.05, 0) is 36.8 Å². The van der Waals surface area contributed by atoms with E-state index >= 15 is 0 Å². The number of aromatic nitrogens is 1. The minimum atomic E-state index is -1.09. The molecule has 33 heavy (non-hydrogen) atoms. The highest BCUT2D eigenvalue weighted by molar-refractivity contribution is 5.74. The van der Waals surface area contributed by atoms with Gasteiger partial charge in [-0.15, -0.1) is 0 Å². The number of rotatable bonds is 8. The second kappa shape index (κ2) is 10.1. The Morgan fingerprint density at radius 1 is 0.939 bits per heavy atom. The molecule has 1 atom stereocenters. The zero-order valence-electron chi connectivity index (χ0n) is 17.2. The van der Waals surface area contributed by atoms with E-state index in [-0.39, 0.29) is 47.5 Å². The highest BCUT2D eigenvalue weighted by Crippen LogP contribution is 2.35. The number of carbonyl (C=O) groups excluding carboxylic acids is 2.